The fraction of sp³-hybridized carbons (Fsp3) is 0.333. The molecule has 4 rings (SSSR count). The van der Waals surface area contributed by atoms with Gasteiger partial charge in [-0.15, -0.1) is 0 Å². The van der Waals surface area contributed by atoms with E-state index >= 15 is 0 Å². The first-order valence-corrected chi connectivity index (χ1v) is 11.3. The molecule has 2 heterocycles. The number of nitrogens with zero attached hydrogens (tertiary/aromatic N) is 1. The Balaban J connectivity index is 1.44. The van der Waals surface area contributed by atoms with Crippen LogP contribution in [0.3, 0.4) is 0 Å². The fourth-order valence-electron chi connectivity index (χ4n) is 4.40. The number of rotatable bonds is 7. The summed E-state index contributed by atoms with van der Waals surface area (Å²) in [6.45, 7) is 5.13. The molecule has 2 atom stereocenters. The predicted octanol–water partition coefficient (Wildman–Crippen LogP) is 4.85. The van der Waals surface area contributed by atoms with E-state index < -0.39 is 0 Å². The van der Waals surface area contributed by atoms with Gasteiger partial charge in [-0.1, -0.05) is 25.1 Å². The van der Waals surface area contributed by atoms with E-state index in [-0.39, 0.29) is 18.0 Å². The smallest absolute Gasteiger partial charge is 0.251 e. The molecule has 0 bridgehead atoms. The minimum atomic E-state index is -0.0343. The lowest BCUT2D eigenvalue weighted by atomic mass is 9.89. The molecule has 1 amide bonds. The van der Waals surface area contributed by atoms with E-state index in [0.29, 0.717) is 5.56 Å². The Morgan fingerprint density at radius 3 is 2.75 bits per heavy atom. The van der Waals surface area contributed by atoms with Crippen LogP contribution in [-0.2, 0) is 6.42 Å². The van der Waals surface area contributed by atoms with E-state index in [0.717, 1.165) is 42.7 Å². The summed E-state index contributed by atoms with van der Waals surface area (Å²) in [6, 6.07) is 16.4. The Hall–Kier alpha value is -3.18. The highest BCUT2D eigenvalue weighted by atomic mass is 16.5. The first kappa shape index (κ1) is 22.0. The summed E-state index contributed by atoms with van der Waals surface area (Å²) in [6.07, 6.45) is 6.38. The van der Waals surface area contributed by atoms with Gasteiger partial charge in [0.05, 0.1) is 7.11 Å². The Labute approximate surface area is 190 Å². The van der Waals surface area contributed by atoms with Gasteiger partial charge in [0, 0.05) is 35.6 Å². The Kier molecular flexibility index (Phi) is 6.86. The van der Waals surface area contributed by atoms with Crippen LogP contribution in [0.4, 0.5) is 0 Å². The predicted molar refractivity (Wildman–Crippen MR) is 128 cm³/mol. The van der Waals surface area contributed by atoms with Crippen molar-refractivity contribution in [2.24, 2.45) is 0 Å². The summed E-state index contributed by atoms with van der Waals surface area (Å²) < 4.78 is 5.43. The number of nitrogens with one attached hydrogen (secondary N) is 2. The maximum atomic E-state index is 13.0. The zero-order valence-corrected chi connectivity index (χ0v) is 19.0. The van der Waals surface area contributed by atoms with E-state index in [4.69, 9.17) is 4.74 Å². The number of ether oxygens (including phenoxy) is 1. The van der Waals surface area contributed by atoms with Gasteiger partial charge in [-0.3, -0.25) is 9.78 Å². The maximum absolute atomic E-state index is 13.0. The number of pyridine rings is 1. The number of fused-ring (bicyclic) bond motifs is 1. The number of carbonyl (C=O) groups is 1. The van der Waals surface area contributed by atoms with Crippen molar-refractivity contribution in [3.8, 4) is 16.9 Å². The molecular weight excluding hydrogens is 398 g/mol. The Morgan fingerprint density at radius 1 is 1.22 bits per heavy atom. The standard InChI is InChI=1S/C27H31N3O2/c1-4-22(15-26-24-16-23(32-3)10-9-20(24)12-14-29-26)30-27(31)21-7-5-19(6-8-21)25-17-28-13-11-18(25)2/h5-11,13,16-17,22,26,29H,4,12,14-15H2,1-3H3,(H,30,31). The van der Waals surface area contributed by atoms with Gasteiger partial charge < -0.3 is 15.4 Å². The van der Waals surface area contributed by atoms with Gasteiger partial charge in [0.2, 0.25) is 0 Å². The third kappa shape index (κ3) is 4.83. The molecule has 2 unspecified atom stereocenters. The van der Waals surface area contributed by atoms with Crippen molar-refractivity contribution in [1.29, 1.82) is 0 Å². The highest BCUT2D eigenvalue weighted by Crippen LogP contribution is 2.30. The van der Waals surface area contributed by atoms with Gasteiger partial charge in [-0.2, -0.15) is 0 Å². The molecule has 1 aliphatic heterocycles. The van der Waals surface area contributed by atoms with Crippen LogP contribution in [0.5, 0.6) is 5.75 Å². The number of carbonyl (C=O) groups excluding carboxylic acids is 1. The average molecular weight is 430 g/mol. The second kappa shape index (κ2) is 9.96. The third-order valence-electron chi connectivity index (χ3n) is 6.36. The third-order valence-corrected chi connectivity index (χ3v) is 6.36. The normalized spacial score (nSPS) is 16.2. The average Bonchev–Trinajstić information content (AvgIpc) is 2.84. The molecule has 0 spiro atoms. The van der Waals surface area contributed by atoms with E-state index in [2.05, 4.69) is 41.6 Å². The van der Waals surface area contributed by atoms with Crippen LogP contribution in [0.1, 0.15) is 52.9 Å². The van der Waals surface area contributed by atoms with E-state index in [1.165, 1.54) is 16.7 Å². The van der Waals surface area contributed by atoms with Crippen molar-refractivity contribution >= 4 is 5.91 Å². The molecular formula is C27H31N3O2. The molecule has 1 aliphatic rings. The second-order valence-corrected chi connectivity index (χ2v) is 8.40. The molecule has 2 aromatic carbocycles. The van der Waals surface area contributed by atoms with Gasteiger partial charge in [0.1, 0.15) is 5.75 Å². The van der Waals surface area contributed by atoms with Crippen molar-refractivity contribution in [3.63, 3.8) is 0 Å². The first-order chi connectivity index (χ1) is 15.6. The molecule has 2 N–H and O–H groups in total. The van der Waals surface area contributed by atoms with Gasteiger partial charge in [-0.05, 0) is 85.3 Å². The van der Waals surface area contributed by atoms with Crippen LogP contribution in [0.15, 0.2) is 60.9 Å². The van der Waals surface area contributed by atoms with Crippen molar-refractivity contribution < 1.29 is 9.53 Å². The van der Waals surface area contributed by atoms with Crippen LogP contribution in [-0.4, -0.2) is 30.6 Å². The summed E-state index contributed by atoms with van der Waals surface area (Å²) in [5.74, 6) is 0.839. The number of methoxy groups -OCH3 is 1. The molecule has 1 aromatic heterocycles. The zero-order valence-electron chi connectivity index (χ0n) is 19.0. The number of aryl methyl sites for hydroxylation is 1. The topological polar surface area (TPSA) is 63.2 Å². The molecule has 5 heteroatoms. The van der Waals surface area contributed by atoms with Crippen molar-refractivity contribution in [2.75, 3.05) is 13.7 Å². The van der Waals surface area contributed by atoms with Gasteiger partial charge in [-0.25, -0.2) is 0 Å². The molecule has 3 aromatic rings. The molecule has 0 radical (unpaired) electrons. The number of aromatic nitrogens is 1. The molecule has 0 saturated heterocycles. The Bertz CT molecular complexity index is 1080. The minimum absolute atomic E-state index is 0.0343. The van der Waals surface area contributed by atoms with Crippen LogP contribution in [0.2, 0.25) is 0 Å². The quantitative estimate of drug-likeness (QED) is 0.564. The fourth-order valence-corrected chi connectivity index (χ4v) is 4.40. The number of amides is 1. The monoisotopic (exact) mass is 429 g/mol. The van der Waals surface area contributed by atoms with Gasteiger partial charge >= 0.3 is 0 Å². The molecule has 0 fully saturated rings. The maximum Gasteiger partial charge on any atom is 0.251 e. The van der Waals surface area contributed by atoms with E-state index in [1.807, 2.05) is 42.6 Å². The largest absolute Gasteiger partial charge is 0.497 e. The summed E-state index contributed by atoms with van der Waals surface area (Å²) in [4.78, 5) is 17.2. The van der Waals surface area contributed by atoms with Crippen LogP contribution < -0.4 is 15.4 Å². The summed E-state index contributed by atoms with van der Waals surface area (Å²) in [5, 5.41) is 6.86. The zero-order chi connectivity index (χ0) is 22.5. The van der Waals surface area contributed by atoms with Crippen LogP contribution in [0.25, 0.3) is 11.1 Å². The highest BCUT2D eigenvalue weighted by molar-refractivity contribution is 5.94. The molecule has 0 saturated carbocycles. The number of hydrogen-bond donors (Lipinski definition) is 2. The molecule has 5 nitrogen and oxygen atoms in total. The SMILES string of the molecule is CCC(CC1NCCc2ccc(OC)cc21)NC(=O)c1ccc(-c2cnccc2C)cc1. The number of hydrogen-bond acceptors (Lipinski definition) is 4. The first-order valence-electron chi connectivity index (χ1n) is 11.3. The molecule has 32 heavy (non-hydrogen) atoms. The lowest BCUT2D eigenvalue weighted by Crippen LogP contribution is -2.39. The number of benzene rings is 2. The van der Waals surface area contributed by atoms with Crippen LogP contribution >= 0.6 is 0 Å². The molecule has 0 aliphatic carbocycles. The Morgan fingerprint density at radius 2 is 2.03 bits per heavy atom. The lowest BCUT2D eigenvalue weighted by molar-refractivity contribution is 0.0931. The van der Waals surface area contributed by atoms with Crippen molar-refractivity contribution in [3.05, 3.63) is 83.2 Å². The van der Waals surface area contributed by atoms with E-state index in [9.17, 15) is 4.79 Å². The van der Waals surface area contributed by atoms with Gasteiger partial charge in [0.25, 0.3) is 5.91 Å². The summed E-state index contributed by atoms with van der Waals surface area (Å²) in [5.41, 5.74) is 6.63. The van der Waals surface area contributed by atoms with Crippen molar-refractivity contribution in [1.82, 2.24) is 15.6 Å². The van der Waals surface area contributed by atoms with Crippen LogP contribution in [0, 0.1) is 6.92 Å². The van der Waals surface area contributed by atoms with E-state index in [1.54, 1.807) is 13.3 Å². The van der Waals surface area contributed by atoms with Crippen molar-refractivity contribution in [2.45, 2.75) is 45.2 Å². The highest BCUT2D eigenvalue weighted by Gasteiger charge is 2.24. The summed E-state index contributed by atoms with van der Waals surface area (Å²) >= 11 is 0. The lowest BCUT2D eigenvalue weighted by Gasteiger charge is -2.30. The minimum Gasteiger partial charge on any atom is -0.497 e. The molecule has 166 valence electrons. The van der Waals surface area contributed by atoms with Gasteiger partial charge in [0.15, 0.2) is 0 Å². The summed E-state index contributed by atoms with van der Waals surface area (Å²) in [7, 11) is 1.70. The second-order valence-electron chi connectivity index (χ2n) is 8.40.